The Morgan fingerprint density at radius 3 is 2.64 bits per heavy atom. The van der Waals surface area contributed by atoms with Crippen molar-refractivity contribution < 1.29 is 0 Å². The van der Waals surface area contributed by atoms with Crippen molar-refractivity contribution in [1.29, 1.82) is 0 Å². The first kappa shape index (κ1) is 20.4. The Labute approximate surface area is 168 Å². The third kappa shape index (κ3) is 5.54. The normalized spacial score (nSPS) is 22.2. The molecule has 2 aliphatic rings. The number of aromatic nitrogens is 3. The molecular formula is C17H32IN7. The van der Waals surface area contributed by atoms with Crippen molar-refractivity contribution >= 4 is 29.9 Å². The van der Waals surface area contributed by atoms with Crippen molar-refractivity contribution in [1.82, 2.24) is 30.3 Å². The Morgan fingerprint density at radius 2 is 2.00 bits per heavy atom. The number of likely N-dealkylation sites (tertiary alicyclic amines) is 1. The zero-order valence-electron chi connectivity index (χ0n) is 15.7. The SMILES string of the molecule is CN=C(NCc1nnc(C)n1C)NC1CCN(CC2CCCC2)C1.I. The second-order valence-electron chi connectivity index (χ2n) is 7.19. The van der Waals surface area contributed by atoms with E-state index in [0.717, 1.165) is 30.1 Å². The van der Waals surface area contributed by atoms with Gasteiger partial charge in [-0.3, -0.25) is 4.99 Å². The zero-order valence-corrected chi connectivity index (χ0v) is 18.0. The third-order valence-corrected chi connectivity index (χ3v) is 5.42. The van der Waals surface area contributed by atoms with Gasteiger partial charge in [0.25, 0.3) is 0 Å². The van der Waals surface area contributed by atoms with Crippen LogP contribution in [-0.4, -0.2) is 58.3 Å². The highest BCUT2D eigenvalue weighted by Gasteiger charge is 2.26. The Morgan fingerprint density at radius 1 is 1.24 bits per heavy atom. The first-order valence-corrected chi connectivity index (χ1v) is 9.20. The van der Waals surface area contributed by atoms with Gasteiger partial charge in [0.15, 0.2) is 11.8 Å². The molecule has 25 heavy (non-hydrogen) atoms. The molecule has 142 valence electrons. The number of hydrogen-bond acceptors (Lipinski definition) is 4. The van der Waals surface area contributed by atoms with E-state index in [1.165, 1.54) is 45.2 Å². The first-order valence-electron chi connectivity index (χ1n) is 9.20. The van der Waals surface area contributed by atoms with Crippen LogP contribution in [0.5, 0.6) is 0 Å². The van der Waals surface area contributed by atoms with Gasteiger partial charge in [-0.2, -0.15) is 0 Å². The van der Waals surface area contributed by atoms with Gasteiger partial charge in [-0.25, -0.2) is 0 Å². The monoisotopic (exact) mass is 461 g/mol. The third-order valence-electron chi connectivity index (χ3n) is 5.42. The highest BCUT2D eigenvalue weighted by atomic mass is 127. The van der Waals surface area contributed by atoms with Crippen molar-refractivity contribution in [2.75, 3.05) is 26.7 Å². The number of aryl methyl sites for hydroxylation is 1. The van der Waals surface area contributed by atoms with Crippen molar-refractivity contribution in [3.05, 3.63) is 11.6 Å². The Balaban J connectivity index is 0.00000225. The summed E-state index contributed by atoms with van der Waals surface area (Å²) in [5.41, 5.74) is 0. The molecule has 1 unspecified atom stereocenters. The minimum absolute atomic E-state index is 0. The van der Waals surface area contributed by atoms with Crippen LogP contribution in [0.25, 0.3) is 0 Å². The fourth-order valence-electron chi connectivity index (χ4n) is 3.83. The van der Waals surface area contributed by atoms with E-state index in [1.54, 1.807) is 0 Å². The molecule has 1 aromatic rings. The van der Waals surface area contributed by atoms with Gasteiger partial charge in [0, 0.05) is 39.8 Å². The minimum atomic E-state index is 0. The van der Waals surface area contributed by atoms with Crippen LogP contribution in [0.15, 0.2) is 4.99 Å². The molecule has 0 bridgehead atoms. The molecule has 2 heterocycles. The number of aliphatic imine (C=N–C) groups is 1. The predicted octanol–water partition coefficient (Wildman–Crippen LogP) is 1.67. The molecule has 1 aliphatic heterocycles. The topological polar surface area (TPSA) is 70.4 Å². The summed E-state index contributed by atoms with van der Waals surface area (Å²) in [5.74, 6) is 3.63. The number of nitrogens with one attached hydrogen (secondary N) is 2. The summed E-state index contributed by atoms with van der Waals surface area (Å²) in [6.45, 7) is 6.20. The Kier molecular flexibility index (Phi) is 7.92. The summed E-state index contributed by atoms with van der Waals surface area (Å²) in [7, 11) is 3.81. The molecule has 0 spiro atoms. The van der Waals surface area contributed by atoms with Gasteiger partial charge in [0.2, 0.25) is 0 Å². The summed E-state index contributed by atoms with van der Waals surface area (Å²) >= 11 is 0. The Hall–Kier alpha value is -0.900. The number of nitrogens with zero attached hydrogens (tertiary/aromatic N) is 5. The highest BCUT2D eigenvalue weighted by Crippen LogP contribution is 2.26. The lowest BCUT2D eigenvalue weighted by Gasteiger charge is -2.21. The number of rotatable bonds is 5. The molecule has 8 heteroatoms. The lowest BCUT2D eigenvalue weighted by molar-refractivity contribution is 0.275. The van der Waals surface area contributed by atoms with Crippen LogP contribution in [0.2, 0.25) is 0 Å². The van der Waals surface area contributed by atoms with Crippen LogP contribution < -0.4 is 10.6 Å². The number of hydrogen-bond donors (Lipinski definition) is 2. The highest BCUT2D eigenvalue weighted by molar-refractivity contribution is 14.0. The summed E-state index contributed by atoms with van der Waals surface area (Å²) in [4.78, 5) is 6.97. The van der Waals surface area contributed by atoms with Crippen molar-refractivity contribution in [2.24, 2.45) is 18.0 Å². The minimum Gasteiger partial charge on any atom is -0.352 e. The van der Waals surface area contributed by atoms with E-state index in [9.17, 15) is 0 Å². The van der Waals surface area contributed by atoms with Gasteiger partial charge in [-0.15, -0.1) is 34.2 Å². The summed E-state index contributed by atoms with van der Waals surface area (Å²) in [6.07, 6.45) is 6.90. The molecule has 1 atom stereocenters. The van der Waals surface area contributed by atoms with E-state index in [0.29, 0.717) is 12.6 Å². The molecule has 1 aromatic heterocycles. The van der Waals surface area contributed by atoms with Crippen LogP contribution in [0, 0.1) is 12.8 Å². The van der Waals surface area contributed by atoms with Crippen LogP contribution >= 0.6 is 24.0 Å². The number of guanidine groups is 1. The van der Waals surface area contributed by atoms with Gasteiger partial charge in [0.1, 0.15) is 5.82 Å². The average molecular weight is 461 g/mol. The van der Waals surface area contributed by atoms with E-state index >= 15 is 0 Å². The van der Waals surface area contributed by atoms with Crippen molar-refractivity contribution in [3.8, 4) is 0 Å². The number of halogens is 1. The molecule has 0 amide bonds. The first-order chi connectivity index (χ1) is 11.7. The molecular weight excluding hydrogens is 429 g/mol. The van der Waals surface area contributed by atoms with E-state index in [1.807, 2.05) is 25.6 Å². The van der Waals surface area contributed by atoms with Crippen LogP contribution in [0.4, 0.5) is 0 Å². The van der Waals surface area contributed by atoms with Crippen LogP contribution in [0.1, 0.15) is 43.8 Å². The maximum atomic E-state index is 4.35. The maximum Gasteiger partial charge on any atom is 0.191 e. The van der Waals surface area contributed by atoms with E-state index < -0.39 is 0 Å². The second-order valence-corrected chi connectivity index (χ2v) is 7.19. The Bertz CT molecular complexity index is 565. The maximum absolute atomic E-state index is 4.35. The molecule has 0 aromatic carbocycles. The fraction of sp³-hybridized carbons (Fsp3) is 0.824. The van der Waals surface area contributed by atoms with E-state index in [2.05, 4.69) is 30.7 Å². The average Bonchev–Trinajstić information content (AvgIpc) is 3.30. The zero-order chi connectivity index (χ0) is 16.9. The lowest BCUT2D eigenvalue weighted by Crippen LogP contribution is -2.44. The van der Waals surface area contributed by atoms with Crippen molar-refractivity contribution in [2.45, 2.75) is 51.6 Å². The molecule has 3 rings (SSSR count). The summed E-state index contributed by atoms with van der Waals surface area (Å²) in [6, 6.07) is 0.485. The summed E-state index contributed by atoms with van der Waals surface area (Å²) in [5, 5.41) is 15.2. The molecule has 0 radical (unpaired) electrons. The fourth-order valence-corrected chi connectivity index (χ4v) is 3.83. The van der Waals surface area contributed by atoms with Gasteiger partial charge < -0.3 is 20.1 Å². The van der Waals surface area contributed by atoms with Gasteiger partial charge >= 0.3 is 0 Å². The van der Waals surface area contributed by atoms with Crippen LogP contribution in [-0.2, 0) is 13.6 Å². The van der Waals surface area contributed by atoms with E-state index in [-0.39, 0.29) is 24.0 Å². The predicted molar refractivity (Wildman–Crippen MR) is 111 cm³/mol. The molecule has 1 saturated carbocycles. The van der Waals surface area contributed by atoms with Crippen molar-refractivity contribution in [3.63, 3.8) is 0 Å². The van der Waals surface area contributed by atoms with Gasteiger partial charge in [0.05, 0.1) is 6.54 Å². The molecule has 1 saturated heterocycles. The molecule has 2 fully saturated rings. The largest absolute Gasteiger partial charge is 0.352 e. The van der Waals surface area contributed by atoms with Crippen LogP contribution in [0.3, 0.4) is 0 Å². The molecule has 1 aliphatic carbocycles. The molecule has 7 nitrogen and oxygen atoms in total. The standard InChI is InChI=1S/C17H31N7.HI/c1-13-21-22-16(23(13)3)10-19-17(18-2)20-15-8-9-24(12-15)11-14-6-4-5-7-14;/h14-15H,4-12H2,1-3H3,(H2,18,19,20);1H. The van der Waals surface area contributed by atoms with Gasteiger partial charge in [-0.05, 0) is 32.1 Å². The summed E-state index contributed by atoms with van der Waals surface area (Å²) < 4.78 is 2.00. The van der Waals surface area contributed by atoms with Gasteiger partial charge in [-0.1, -0.05) is 12.8 Å². The molecule has 2 N–H and O–H groups in total. The second kappa shape index (κ2) is 9.70. The quantitative estimate of drug-likeness (QED) is 0.397. The van der Waals surface area contributed by atoms with E-state index in [4.69, 9.17) is 0 Å². The lowest BCUT2D eigenvalue weighted by atomic mass is 10.1. The smallest absolute Gasteiger partial charge is 0.191 e.